The first-order chi connectivity index (χ1) is 7.30. The summed E-state index contributed by atoms with van der Waals surface area (Å²) < 4.78 is 22.6. The molecule has 0 aliphatic rings. The third kappa shape index (κ3) is 3.41. The van der Waals surface area contributed by atoms with Crippen LogP contribution in [0.15, 0.2) is 34.7 Å². The van der Waals surface area contributed by atoms with E-state index in [9.17, 15) is 8.42 Å². The predicted octanol–water partition coefficient (Wildman–Crippen LogP) is 1.08. The number of halogens is 1. The third-order valence-electron chi connectivity index (χ3n) is 1.78. The Bertz CT molecular complexity index is 513. The molecular weight excluding hydrogens is 250 g/mol. The van der Waals surface area contributed by atoms with E-state index < -0.39 is 10.0 Å². The van der Waals surface area contributed by atoms with Crippen LogP contribution in [0.1, 0.15) is 0 Å². The lowest BCUT2D eigenvalue weighted by molar-refractivity contribution is 0.598. The van der Waals surface area contributed by atoms with Crippen LogP contribution < -0.4 is 16.2 Å². The predicted molar refractivity (Wildman–Crippen MR) is 65.7 cm³/mol. The maximum atomic E-state index is 11.3. The summed E-state index contributed by atoms with van der Waals surface area (Å²) in [5.41, 5.74) is 6.15. The summed E-state index contributed by atoms with van der Waals surface area (Å²) in [6, 6.07) is 4.37. The molecule has 0 unspecified atom stereocenters. The summed E-state index contributed by atoms with van der Waals surface area (Å²) in [7, 11) is -3.82. The highest BCUT2D eigenvalue weighted by Gasteiger charge is 2.14. The molecule has 0 atom stereocenters. The number of anilines is 2. The highest BCUT2D eigenvalue weighted by Crippen LogP contribution is 2.23. The minimum atomic E-state index is -3.82. The van der Waals surface area contributed by atoms with E-state index in [2.05, 4.69) is 11.9 Å². The maximum absolute atomic E-state index is 11.3. The Balaban J connectivity index is 3.13. The van der Waals surface area contributed by atoms with E-state index in [1.165, 1.54) is 12.1 Å². The van der Waals surface area contributed by atoms with Gasteiger partial charge in [0, 0.05) is 10.7 Å². The Kier molecular flexibility index (Phi) is 3.79. The first kappa shape index (κ1) is 12.8. The number of nitrogens with one attached hydrogen (secondary N) is 1. The molecule has 0 bridgehead atoms. The van der Waals surface area contributed by atoms with E-state index in [4.69, 9.17) is 22.5 Å². The van der Waals surface area contributed by atoms with E-state index in [1.807, 2.05) is 0 Å². The van der Waals surface area contributed by atoms with Gasteiger partial charge in [0.1, 0.15) is 4.90 Å². The van der Waals surface area contributed by atoms with Gasteiger partial charge in [-0.2, -0.15) is 0 Å². The van der Waals surface area contributed by atoms with Gasteiger partial charge in [0.25, 0.3) is 0 Å². The fourth-order valence-electron chi connectivity index (χ4n) is 1.11. The summed E-state index contributed by atoms with van der Waals surface area (Å²) >= 11 is 5.56. The second-order valence-electron chi connectivity index (χ2n) is 3.17. The highest BCUT2D eigenvalue weighted by molar-refractivity contribution is 7.89. The molecule has 0 spiro atoms. The van der Waals surface area contributed by atoms with Crippen molar-refractivity contribution in [1.29, 1.82) is 0 Å². The fraction of sp³-hybridized carbons (Fsp3) is 0.111. The Morgan fingerprint density at radius 1 is 1.50 bits per heavy atom. The van der Waals surface area contributed by atoms with E-state index in [-0.39, 0.29) is 11.4 Å². The number of primary sulfonamides is 1. The lowest BCUT2D eigenvalue weighted by Crippen LogP contribution is -2.16. The molecule has 0 radical (unpaired) electrons. The number of sulfonamides is 1. The zero-order chi connectivity index (χ0) is 12.3. The summed E-state index contributed by atoms with van der Waals surface area (Å²) in [6.45, 7) is 3.72. The van der Waals surface area contributed by atoms with Crippen molar-refractivity contribution in [2.75, 3.05) is 17.6 Å². The SMILES string of the molecule is C=C(Cl)CNc1ccc(N)cc1S(N)(=O)=O. The van der Waals surface area contributed by atoms with Crippen molar-refractivity contribution in [3.63, 3.8) is 0 Å². The molecule has 7 heteroatoms. The number of hydrogen-bond donors (Lipinski definition) is 3. The molecule has 1 aromatic rings. The summed E-state index contributed by atoms with van der Waals surface area (Å²) in [6.07, 6.45) is 0. The van der Waals surface area contributed by atoms with Crippen molar-refractivity contribution in [2.45, 2.75) is 4.90 Å². The van der Waals surface area contributed by atoms with E-state index in [0.29, 0.717) is 16.4 Å². The number of hydrogen-bond acceptors (Lipinski definition) is 4. The van der Waals surface area contributed by atoms with Crippen LogP contribution in [0.3, 0.4) is 0 Å². The van der Waals surface area contributed by atoms with Gasteiger partial charge in [0.2, 0.25) is 10.0 Å². The molecule has 0 aliphatic heterocycles. The molecule has 5 nitrogen and oxygen atoms in total. The van der Waals surface area contributed by atoms with Gasteiger partial charge in [0.05, 0.1) is 12.2 Å². The van der Waals surface area contributed by atoms with E-state index in [1.54, 1.807) is 6.07 Å². The zero-order valence-electron chi connectivity index (χ0n) is 8.40. The molecule has 16 heavy (non-hydrogen) atoms. The van der Waals surface area contributed by atoms with Crippen molar-refractivity contribution in [3.8, 4) is 0 Å². The minimum Gasteiger partial charge on any atom is -0.399 e. The van der Waals surface area contributed by atoms with Gasteiger partial charge in [-0.05, 0) is 18.2 Å². The van der Waals surface area contributed by atoms with Crippen LogP contribution in [-0.2, 0) is 10.0 Å². The van der Waals surface area contributed by atoms with Gasteiger partial charge in [-0.1, -0.05) is 18.2 Å². The average Bonchev–Trinajstić information content (AvgIpc) is 2.14. The second-order valence-corrected chi connectivity index (χ2v) is 5.24. The van der Waals surface area contributed by atoms with Crippen molar-refractivity contribution >= 4 is 33.0 Å². The minimum absolute atomic E-state index is 0.0644. The third-order valence-corrected chi connectivity index (χ3v) is 2.87. The molecule has 0 fully saturated rings. The monoisotopic (exact) mass is 261 g/mol. The van der Waals surface area contributed by atoms with E-state index >= 15 is 0 Å². The van der Waals surface area contributed by atoms with E-state index in [0.717, 1.165) is 0 Å². The van der Waals surface area contributed by atoms with Gasteiger partial charge in [-0.3, -0.25) is 0 Å². The Morgan fingerprint density at radius 2 is 2.12 bits per heavy atom. The van der Waals surface area contributed by atoms with Crippen LogP contribution in [0.25, 0.3) is 0 Å². The molecular formula is C9H12ClN3O2S. The lowest BCUT2D eigenvalue weighted by Gasteiger charge is -2.10. The molecule has 88 valence electrons. The zero-order valence-corrected chi connectivity index (χ0v) is 9.98. The Labute approximate surface area is 99.1 Å². The Hall–Kier alpha value is -1.24. The number of benzene rings is 1. The lowest BCUT2D eigenvalue weighted by atomic mass is 10.3. The number of rotatable bonds is 4. The van der Waals surface area contributed by atoms with Gasteiger partial charge in [0.15, 0.2) is 0 Å². The average molecular weight is 262 g/mol. The number of nitrogen functional groups attached to an aromatic ring is 1. The number of nitrogens with two attached hydrogens (primary N) is 2. The largest absolute Gasteiger partial charge is 0.399 e. The smallest absolute Gasteiger partial charge is 0.240 e. The van der Waals surface area contributed by atoms with Crippen molar-refractivity contribution in [2.24, 2.45) is 5.14 Å². The molecule has 0 heterocycles. The van der Waals surface area contributed by atoms with Crippen LogP contribution in [0, 0.1) is 0 Å². The molecule has 0 aliphatic carbocycles. The first-order valence-corrected chi connectivity index (χ1v) is 6.22. The van der Waals surface area contributed by atoms with Gasteiger partial charge in [-0.15, -0.1) is 0 Å². The molecule has 0 saturated heterocycles. The highest BCUT2D eigenvalue weighted by atomic mass is 35.5. The van der Waals surface area contributed by atoms with Crippen molar-refractivity contribution in [1.82, 2.24) is 0 Å². The van der Waals surface area contributed by atoms with Crippen LogP contribution in [-0.4, -0.2) is 15.0 Å². The molecule has 0 saturated carbocycles. The standard InChI is InChI=1S/C9H12ClN3O2S/c1-6(10)5-13-8-3-2-7(11)4-9(8)16(12,14)15/h2-4,13H,1,5,11H2,(H2,12,14,15). The molecule has 0 aromatic heterocycles. The van der Waals surface area contributed by atoms with Crippen LogP contribution in [0.2, 0.25) is 0 Å². The van der Waals surface area contributed by atoms with Crippen LogP contribution >= 0.6 is 11.6 Å². The summed E-state index contributed by atoms with van der Waals surface area (Å²) in [5, 5.41) is 8.21. The summed E-state index contributed by atoms with van der Waals surface area (Å²) in [5.74, 6) is 0. The first-order valence-electron chi connectivity index (χ1n) is 4.30. The van der Waals surface area contributed by atoms with Crippen molar-refractivity contribution in [3.05, 3.63) is 29.8 Å². The van der Waals surface area contributed by atoms with Gasteiger partial charge < -0.3 is 11.1 Å². The van der Waals surface area contributed by atoms with Crippen molar-refractivity contribution < 1.29 is 8.42 Å². The fourth-order valence-corrected chi connectivity index (χ4v) is 1.93. The maximum Gasteiger partial charge on any atom is 0.240 e. The van der Waals surface area contributed by atoms with Crippen LogP contribution in [0.4, 0.5) is 11.4 Å². The summed E-state index contributed by atoms with van der Waals surface area (Å²) in [4.78, 5) is -0.0644. The normalized spacial score (nSPS) is 11.1. The molecule has 1 aromatic carbocycles. The topological polar surface area (TPSA) is 98.2 Å². The molecule has 1 rings (SSSR count). The van der Waals surface area contributed by atoms with Crippen LogP contribution in [0.5, 0.6) is 0 Å². The molecule has 0 amide bonds. The van der Waals surface area contributed by atoms with Gasteiger partial charge >= 0.3 is 0 Å². The van der Waals surface area contributed by atoms with Gasteiger partial charge in [-0.25, -0.2) is 13.6 Å². The second kappa shape index (κ2) is 4.73. The quantitative estimate of drug-likeness (QED) is 0.707. The Morgan fingerprint density at radius 3 is 2.62 bits per heavy atom. The molecule has 5 N–H and O–H groups in total.